The quantitative estimate of drug-likeness (QED) is 0.403. The van der Waals surface area contributed by atoms with Gasteiger partial charge in [0.25, 0.3) is 0 Å². The number of unbranched alkanes of at least 4 members (excludes halogenated alkanes) is 7. The Bertz CT molecular complexity index is 737. The first kappa shape index (κ1) is 19.5. The highest BCUT2D eigenvalue weighted by molar-refractivity contribution is 7.88. The minimum atomic E-state index is -1.46. The fourth-order valence-corrected chi connectivity index (χ4v) is 3.90. The average molecular weight is 361 g/mol. The van der Waals surface area contributed by atoms with Crippen LogP contribution in [0.15, 0.2) is 46.7 Å². The average Bonchev–Trinajstić information content (AvgIpc) is 2.63. The molecular weight excluding hydrogens is 332 g/mol. The zero-order valence-corrected chi connectivity index (χ0v) is 15.7. The van der Waals surface area contributed by atoms with Crippen LogP contribution in [0.25, 0.3) is 10.8 Å². The third-order valence-corrected chi connectivity index (χ3v) is 5.55. The SMILES string of the molecule is CCCCCCCCC/C=C/S(=O)c1cc(O)c2ccccc2c1O. The molecule has 25 heavy (non-hydrogen) atoms. The summed E-state index contributed by atoms with van der Waals surface area (Å²) in [5.74, 6) is 0.0181. The van der Waals surface area contributed by atoms with Gasteiger partial charge in [-0.25, -0.2) is 4.21 Å². The molecule has 0 amide bonds. The predicted molar refractivity (Wildman–Crippen MR) is 105 cm³/mol. The third kappa shape index (κ3) is 5.60. The summed E-state index contributed by atoms with van der Waals surface area (Å²) < 4.78 is 12.4. The monoisotopic (exact) mass is 360 g/mol. The van der Waals surface area contributed by atoms with E-state index in [4.69, 9.17) is 0 Å². The van der Waals surface area contributed by atoms with Crippen molar-refractivity contribution in [3.05, 3.63) is 41.8 Å². The van der Waals surface area contributed by atoms with Gasteiger partial charge in [0.2, 0.25) is 0 Å². The molecule has 136 valence electrons. The minimum Gasteiger partial charge on any atom is -0.507 e. The van der Waals surface area contributed by atoms with Crippen LogP contribution in [-0.2, 0) is 10.8 Å². The molecule has 2 N–H and O–H groups in total. The van der Waals surface area contributed by atoms with Crippen LogP contribution < -0.4 is 0 Å². The molecule has 4 heteroatoms. The van der Waals surface area contributed by atoms with E-state index < -0.39 is 10.8 Å². The molecule has 0 aliphatic carbocycles. The van der Waals surface area contributed by atoms with Gasteiger partial charge in [-0.05, 0) is 12.8 Å². The Morgan fingerprint density at radius 1 is 0.960 bits per heavy atom. The van der Waals surface area contributed by atoms with Crippen LogP contribution in [0.3, 0.4) is 0 Å². The van der Waals surface area contributed by atoms with Crippen LogP contribution in [0, 0.1) is 0 Å². The van der Waals surface area contributed by atoms with Crippen molar-refractivity contribution in [2.45, 2.75) is 63.2 Å². The Labute approximate surface area is 152 Å². The molecule has 0 saturated carbocycles. The summed E-state index contributed by atoms with van der Waals surface area (Å²) in [4.78, 5) is 0.256. The molecule has 3 nitrogen and oxygen atoms in total. The van der Waals surface area contributed by atoms with Crippen LogP contribution in [-0.4, -0.2) is 14.4 Å². The first-order valence-electron chi connectivity index (χ1n) is 9.16. The second-order valence-corrected chi connectivity index (χ2v) is 7.67. The predicted octanol–water partition coefficient (Wildman–Crippen LogP) is 6.01. The highest BCUT2D eigenvalue weighted by Crippen LogP contribution is 2.37. The third-order valence-electron chi connectivity index (χ3n) is 4.37. The lowest BCUT2D eigenvalue weighted by molar-refractivity contribution is 0.457. The molecule has 1 unspecified atom stereocenters. The van der Waals surface area contributed by atoms with Crippen LogP contribution in [0.2, 0.25) is 0 Å². The smallest absolute Gasteiger partial charge is 0.140 e. The Hall–Kier alpha value is -1.81. The summed E-state index contributed by atoms with van der Waals surface area (Å²) in [6.45, 7) is 2.22. The van der Waals surface area contributed by atoms with E-state index in [1.165, 1.54) is 44.6 Å². The molecule has 0 spiro atoms. The van der Waals surface area contributed by atoms with E-state index in [1.54, 1.807) is 29.7 Å². The molecule has 0 heterocycles. The number of fused-ring (bicyclic) bond motifs is 1. The first-order chi connectivity index (χ1) is 12.1. The molecule has 0 aromatic heterocycles. The summed E-state index contributed by atoms with van der Waals surface area (Å²) in [6, 6.07) is 8.41. The highest BCUT2D eigenvalue weighted by Gasteiger charge is 2.14. The van der Waals surface area contributed by atoms with Gasteiger partial charge in [0.05, 0.1) is 15.7 Å². The highest BCUT2D eigenvalue weighted by atomic mass is 32.2. The Morgan fingerprint density at radius 3 is 2.32 bits per heavy atom. The number of aromatic hydroxyl groups is 2. The van der Waals surface area contributed by atoms with Crippen molar-refractivity contribution in [2.24, 2.45) is 0 Å². The fourth-order valence-electron chi connectivity index (χ4n) is 2.92. The van der Waals surface area contributed by atoms with Crippen LogP contribution in [0.1, 0.15) is 58.3 Å². The Kier molecular flexibility index (Phi) is 7.99. The van der Waals surface area contributed by atoms with Gasteiger partial charge in [-0.3, -0.25) is 0 Å². The zero-order valence-electron chi connectivity index (χ0n) is 14.9. The van der Waals surface area contributed by atoms with E-state index in [0.29, 0.717) is 10.8 Å². The van der Waals surface area contributed by atoms with E-state index in [-0.39, 0.29) is 16.4 Å². The van der Waals surface area contributed by atoms with Crippen molar-refractivity contribution in [1.82, 2.24) is 0 Å². The summed E-state index contributed by atoms with van der Waals surface area (Å²) in [5, 5.41) is 23.1. The fraction of sp³-hybridized carbons (Fsp3) is 0.429. The second kappa shape index (κ2) is 10.2. The van der Waals surface area contributed by atoms with Gasteiger partial charge in [0.15, 0.2) is 0 Å². The lowest BCUT2D eigenvalue weighted by atomic mass is 10.1. The zero-order chi connectivity index (χ0) is 18.1. The Morgan fingerprint density at radius 2 is 1.60 bits per heavy atom. The molecule has 1 atom stereocenters. The van der Waals surface area contributed by atoms with Crippen LogP contribution in [0.4, 0.5) is 0 Å². The molecule has 0 saturated heterocycles. The molecule has 0 bridgehead atoms. The molecule has 0 aliphatic rings. The van der Waals surface area contributed by atoms with Crippen molar-refractivity contribution in [1.29, 1.82) is 0 Å². The van der Waals surface area contributed by atoms with Gasteiger partial charge in [-0.1, -0.05) is 75.8 Å². The van der Waals surface area contributed by atoms with Gasteiger partial charge in [0, 0.05) is 22.2 Å². The molecule has 2 aromatic rings. The van der Waals surface area contributed by atoms with E-state index in [0.717, 1.165) is 12.8 Å². The number of phenols is 2. The molecular formula is C21H28O3S. The van der Waals surface area contributed by atoms with E-state index in [2.05, 4.69) is 6.92 Å². The lowest BCUT2D eigenvalue weighted by Crippen LogP contribution is -1.89. The molecule has 0 radical (unpaired) electrons. The van der Waals surface area contributed by atoms with Crippen LogP contribution in [0.5, 0.6) is 11.5 Å². The summed E-state index contributed by atoms with van der Waals surface area (Å²) in [5.41, 5.74) is 0. The first-order valence-corrected chi connectivity index (χ1v) is 10.4. The van der Waals surface area contributed by atoms with Crippen molar-refractivity contribution < 1.29 is 14.4 Å². The number of hydrogen-bond acceptors (Lipinski definition) is 3. The summed E-state index contributed by atoms with van der Waals surface area (Å²) in [6.07, 6.45) is 11.6. The molecule has 0 aliphatic heterocycles. The largest absolute Gasteiger partial charge is 0.507 e. The summed E-state index contributed by atoms with van der Waals surface area (Å²) in [7, 11) is -1.46. The van der Waals surface area contributed by atoms with Crippen molar-refractivity contribution in [2.75, 3.05) is 0 Å². The molecule has 2 rings (SSSR count). The maximum Gasteiger partial charge on any atom is 0.140 e. The maximum absolute atomic E-state index is 12.4. The number of allylic oxidation sites excluding steroid dienone is 1. The molecule has 0 fully saturated rings. The van der Waals surface area contributed by atoms with Gasteiger partial charge in [-0.2, -0.15) is 0 Å². The van der Waals surface area contributed by atoms with Gasteiger partial charge >= 0.3 is 0 Å². The number of rotatable bonds is 10. The number of phenolic OH excluding ortho intramolecular Hbond substituents is 2. The van der Waals surface area contributed by atoms with E-state index in [1.807, 2.05) is 6.08 Å². The Balaban J connectivity index is 1.89. The lowest BCUT2D eigenvalue weighted by Gasteiger charge is -2.08. The summed E-state index contributed by atoms with van der Waals surface area (Å²) >= 11 is 0. The number of hydrogen-bond donors (Lipinski definition) is 2. The maximum atomic E-state index is 12.4. The van der Waals surface area contributed by atoms with Crippen LogP contribution >= 0.6 is 0 Å². The van der Waals surface area contributed by atoms with Gasteiger partial charge in [-0.15, -0.1) is 0 Å². The van der Waals surface area contributed by atoms with Gasteiger partial charge < -0.3 is 10.2 Å². The van der Waals surface area contributed by atoms with Crippen molar-refractivity contribution >= 4 is 21.6 Å². The second-order valence-electron chi connectivity index (χ2n) is 6.37. The minimum absolute atomic E-state index is 0.0210. The standard InChI is InChI=1S/C21H28O3S/c1-2-3-4-5-6-7-8-9-12-15-25(24)20-16-19(22)17-13-10-11-14-18(17)21(20)23/h10-16,22-23H,2-9H2,1H3/b15-12+. The normalized spacial score (nSPS) is 12.8. The van der Waals surface area contributed by atoms with Crippen molar-refractivity contribution in [3.63, 3.8) is 0 Å². The van der Waals surface area contributed by atoms with E-state index in [9.17, 15) is 14.4 Å². The topological polar surface area (TPSA) is 57.5 Å². The van der Waals surface area contributed by atoms with Gasteiger partial charge in [0.1, 0.15) is 11.5 Å². The van der Waals surface area contributed by atoms with E-state index >= 15 is 0 Å². The molecule has 2 aromatic carbocycles. The van der Waals surface area contributed by atoms with Crippen molar-refractivity contribution in [3.8, 4) is 11.5 Å². The number of benzene rings is 2.